The number of hydrogen-bond acceptors (Lipinski definition) is 4. The van der Waals surface area contributed by atoms with Gasteiger partial charge in [0.05, 0.1) is 17.0 Å². The van der Waals surface area contributed by atoms with Crippen LogP contribution in [0.5, 0.6) is 0 Å². The first-order valence-corrected chi connectivity index (χ1v) is 6.24. The molecule has 102 valence electrons. The van der Waals surface area contributed by atoms with Crippen molar-refractivity contribution in [2.75, 3.05) is 11.9 Å². The molecule has 6 heteroatoms. The Morgan fingerprint density at radius 2 is 1.84 bits per heavy atom. The number of rotatable bonds is 3. The lowest BCUT2D eigenvalue weighted by molar-refractivity contribution is 0.606. The smallest absolute Gasteiger partial charge is 0.186 e. The molecule has 0 bridgehead atoms. The minimum absolute atomic E-state index is 0.243. The van der Waals surface area contributed by atoms with Crippen molar-refractivity contribution in [1.82, 2.24) is 19.7 Å². The average Bonchev–Trinajstić information content (AvgIpc) is 2.59. The lowest BCUT2D eigenvalue weighted by Crippen LogP contribution is -2.07. The van der Waals surface area contributed by atoms with Crippen LogP contribution in [0.3, 0.4) is 0 Å². The third kappa shape index (κ3) is 2.30. The highest BCUT2D eigenvalue weighted by atomic mass is 19.1. The molecule has 2 rings (SSSR count). The van der Waals surface area contributed by atoms with E-state index in [1.54, 1.807) is 11.6 Å². The molecule has 0 spiro atoms. The zero-order chi connectivity index (χ0) is 14.2. The van der Waals surface area contributed by atoms with E-state index in [1.165, 1.54) is 0 Å². The van der Waals surface area contributed by atoms with E-state index in [9.17, 15) is 4.39 Å². The van der Waals surface area contributed by atoms with E-state index in [0.29, 0.717) is 18.1 Å². The molecule has 0 atom stereocenters. The van der Waals surface area contributed by atoms with Crippen molar-refractivity contribution in [1.29, 1.82) is 0 Å². The molecule has 0 unspecified atom stereocenters. The Morgan fingerprint density at radius 3 is 2.37 bits per heavy atom. The fraction of sp³-hybridized carbons (Fsp3) is 0.462. The molecule has 0 aliphatic carbocycles. The van der Waals surface area contributed by atoms with Crippen LogP contribution in [0, 0.1) is 26.6 Å². The number of nitrogens with zero attached hydrogens (tertiary/aromatic N) is 4. The van der Waals surface area contributed by atoms with Gasteiger partial charge in [-0.2, -0.15) is 5.10 Å². The van der Waals surface area contributed by atoms with Gasteiger partial charge < -0.3 is 5.32 Å². The molecule has 2 aromatic rings. The van der Waals surface area contributed by atoms with Gasteiger partial charge in [-0.25, -0.2) is 14.4 Å². The summed E-state index contributed by atoms with van der Waals surface area (Å²) in [5, 5.41) is 7.26. The molecular weight excluding hydrogens is 245 g/mol. The molecule has 5 nitrogen and oxygen atoms in total. The van der Waals surface area contributed by atoms with E-state index in [4.69, 9.17) is 0 Å². The molecule has 1 N–H and O–H groups in total. The first kappa shape index (κ1) is 13.5. The van der Waals surface area contributed by atoms with Gasteiger partial charge in [-0.05, 0) is 27.7 Å². The number of nitrogens with one attached hydrogen (secondary N) is 1. The average molecular weight is 263 g/mol. The van der Waals surface area contributed by atoms with E-state index in [1.807, 2.05) is 27.8 Å². The Morgan fingerprint density at radius 1 is 1.16 bits per heavy atom. The molecule has 0 aliphatic rings. The molecule has 0 amide bonds. The highest BCUT2D eigenvalue weighted by Gasteiger charge is 2.18. The maximum atomic E-state index is 13.9. The molecule has 0 saturated carbocycles. The van der Waals surface area contributed by atoms with Gasteiger partial charge in [-0.3, -0.25) is 4.68 Å². The van der Waals surface area contributed by atoms with Crippen molar-refractivity contribution < 1.29 is 4.39 Å². The Hall–Kier alpha value is -1.98. The monoisotopic (exact) mass is 263 g/mol. The summed E-state index contributed by atoms with van der Waals surface area (Å²) >= 11 is 0. The second kappa shape index (κ2) is 4.95. The van der Waals surface area contributed by atoms with Crippen molar-refractivity contribution in [2.24, 2.45) is 7.05 Å². The second-order valence-corrected chi connectivity index (χ2v) is 4.49. The topological polar surface area (TPSA) is 55.6 Å². The van der Waals surface area contributed by atoms with E-state index >= 15 is 0 Å². The molecule has 2 heterocycles. The normalized spacial score (nSPS) is 10.8. The van der Waals surface area contributed by atoms with Crippen molar-refractivity contribution in [2.45, 2.75) is 27.7 Å². The number of anilines is 1. The maximum Gasteiger partial charge on any atom is 0.186 e. The van der Waals surface area contributed by atoms with Gasteiger partial charge in [-0.1, -0.05) is 0 Å². The van der Waals surface area contributed by atoms with Gasteiger partial charge in [0, 0.05) is 19.3 Å². The minimum Gasteiger partial charge on any atom is -0.368 e. The molecule has 0 aromatic carbocycles. The van der Waals surface area contributed by atoms with Gasteiger partial charge in [0.2, 0.25) is 0 Å². The Labute approximate surface area is 111 Å². The van der Waals surface area contributed by atoms with Crippen LogP contribution in [-0.2, 0) is 7.05 Å². The molecule has 2 aromatic heterocycles. The lowest BCUT2D eigenvalue weighted by atomic mass is 10.2. The summed E-state index contributed by atoms with van der Waals surface area (Å²) < 4.78 is 15.7. The van der Waals surface area contributed by atoms with Crippen LogP contribution < -0.4 is 5.32 Å². The fourth-order valence-corrected chi connectivity index (χ4v) is 2.05. The zero-order valence-corrected chi connectivity index (χ0v) is 11.9. The summed E-state index contributed by atoms with van der Waals surface area (Å²) in [7, 11) is 1.87. The Bertz CT molecular complexity index is 618. The third-order valence-corrected chi connectivity index (χ3v) is 3.09. The summed E-state index contributed by atoms with van der Waals surface area (Å²) in [6, 6.07) is 0. The predicted molar refractivity (Wildman–Crippen MR) is 72.6 cm³/mol. The van der Waals surface area contributed by atoms with Crippen molar-refractivity contribution in [3.63, 3.8) is 0 Å². The maximum absolute atomic E-state index is 13.9. The Balaban J connectivity index is 2.62. The van der Waals surface area contributed by atoms with Crippen molar-refractivity contribution in [3.05, 3.63) is 22.9 Å². The second-order valence-electron chi connectivity index (χ2n) is 4.49. The van der Waals surface area contributed by atoms with Crippen LogP contribution >= 0.6 is 0 Å². The fourth-order valence-electron chi connectivity index (χ4n) is 2.05. The third-order valence-electron chi connectivity index (χ3n) is 3.09. The molecule has 0 fully saturated rings. The van der Waals surface area contributed by atoms with E-state index in [2.05, 4.69) is 20.4 Å². The van der Waals surface area contributed by atoms with E-state index in [-0.39, 0.29) is 5.82 Å². The number of aryl methyl sites for hydroxylation is 3. The number of aromatic nitrogens is 4. The van der Waals surface area contributed by atoms with Crippen LogP contribution in [0.1, 0.15) is 24.0 Å². The molecule has 0 saturated heterocycles. The van der Waals surface area contributed by atoms with Gasteiger partial charge in [-0.15, -0.1) is 0 Å². The summed E-state index contributed by atoms with van der Waals surface area (Å²) in [6.07, 6.45) is 0. The van der Waals surface area contributed by atoms with Gasteiger partial charge in [0.15, 0.2) is 17.5 Å². The summed E-state index contributed by atoms with van der Waals surface area (Å²) in [4.78, 5) is 8.52. The number of hydrogen-bond donors (Lipinski definition) is 1. The van der Waals surface area contributed by atoms with Crippen LogP contribution in [0.4, 0.5) is 10.2 Å². The summed E-state index contributed by atoms with van der Waals surface area (Å²) in [5.41, 5.74) is 3.01. The van der Waals surface area contributed by atoms with Crippen LogP contribution in [0.15, 0.2) is 0 Å². The quantitative estimate of drug-likeness (QED) is 0.923. The van der Waals surface area contributed by atoms with Gasteiger partial charge in [0.25, 0.3) is 0 Å². The molecule has 0 radical (unpaired) electrons. The molecule has 0 aliphatic heterocycles. The SMILES string of the molecule is CCNc1nc(-c2c(C)nn(C)c2C)nc(C)c1F. The summed E-state index contributed by atoms with van der Waals surface area (Å²) in [6.45, 7) is 8.00. The van der Waals surface area contributed by atoms with E-state index in [0.717, 1.165) is 17.0 Å². The largest absolute Gasteiger partial charge is 0.368 e. The highest BCUT2D eigenvalue weighted by molar-refractivity contribution is 5.63. The van der Waals surface area contributed by atoms with Crippen molar-refractivity contribution >= 4 is 5.82 Å². The van der Waals surface area contributed by atoms with Crippen molar-refractivity contribution in [3.8, 4) is 11.4 Å². The summed E-state index contributed by atoms with van der Waals surface area (Å²) in [5.74, 6) is 0.357. The van der Waals surface area contributed by atoms with Gasteiger partial charge in [0.1, 0.15) is 0 Å². The van der Waals surface area contributed by atoms with Crippen LogP contribution in [0.2, 0.25) is 0 Å². The standard InChI is InChI=1S/C13H18FN5/c1-6-15-13-11(14)8(3)16-12(17-13)10-7(2)18-19(5)9(10)4/h6H2,1-5H3,(H,15,16,17). The number of halogens is 1. The van der Waals surface area contributed by atoms with E-state index < -0.39 is 5.82 Å². The molecule has 19 heavy (non-hydrogen) atoms. The lowest BCUT2D eigenvalue weighted by Gasteiger charge is -2.09. The van der Waals surface area contributed by atoms with Crippen LogP contribution in [-0.4, -0.2) is 26.3 Å². The minimum atomic E-state index is -0.398. The first-order chi connectivity index (χ1) is 8.95. The first-order valence-electron chi connectivity index (χ1n) is 6.24. The molecular formula is C13H18FN5. The highest BCUT2D eigenvalue weighted by Crippen LogP contribution is 2.26. The Kier molecular flexibility index (Phi) is 3.50. The van der Waals surface area contributed by atoms with Crippen LogP contribution in [0.25, 0.3) is 11.4 Å². The van der Waals surface area contributed by atoms with Gasteiger partial charge >= 0.3 is 0 Å². The predicted octanol–water partition coefficient (Wildman–Crippen LogP) is 2.37. The zero-order valence-electron chi connectivity index (χ0n) is 11.9.